The molecule has 1 amide bonds. The van der Waals surface area contributed by atoms with Crippen molar-refractivity contribution in [2.24, 2.45) is 0 Å². The summed E-state index contributed by atoms with van der Waals surface area (Å²) in [6.07, 6.45) is 0. The Morgan fingerprint density at radius 1 is 1.00 bits per heavy atom. The second kappa shape index (κ2) is 7.58. The van der Waals surface area contributed by atoms with Crippen molar-refractivity contribution >= 4 is 23.3 Å². The lowest BCUT2D eigenvalue weighted by atomic mass is 10.2. The largest absolute Gasteiger partial charge is 0.478 e. The number of carbonyl (C=O) groups is 2. The SMILES string of the molecule is CC(=O)Nc1ccccc1C(=O)O.Nc1ccccc1. The molecule has 104 valence electrons. The normalized spacial score (nSPS) is 9.05. The first-order chi connectivity index (χ1) is 9.50. The lowest BCUT2D eigenvalue weighted by Gasteiger charge is -2.04. The molecular formula is C15H16N2O3. The summed E-state index contributed by atoms with van der Waals surface area (Å²) in [6, 6.07) is 15.7. The lowest BCUT2D eigenvalue weighted by molar-refractivity contribution is -0.114. The molecule has 5 nitrogen and oxygen atoms in total. The molecule has 0 radical (unpaired) electrons. The molecular weight excluding hydrogens is 256 g/mol. The van der Waals surface area contributed by atoms with E-state index >= 15 is 0 Å². The van der Waals surface area contributed by atoms with Crippen LogP contribution in [0.1, 0.15) is 17.3 Å². The standard InChI is InChI=1S/C9H9NO3.C6H7N/c1-6(11)10-8-5-3-2-4-7(8)9(12)13;7-6-4-2-1-3-5-6/h2-5H,1H3,(H,10,11)(H,12,13);1-5H,7H2. The second-order valence-corrected chi connectivity index (χ2v) is 3.94. The third kappa shape index (κ3) is 5.22. The van der Waals surface area contributed by atoms with Crippen LogP contribution in [0.4, 0.5) is 11.4 Å². The molecule has 0 aliphatic rings. The molecule has 4 N–H and O–H groups in total. The van der Waals surface area contributed by atoms with Gasteiger partial charge >= 0.3 is 5.97 Å². The Kier molecular flexibility index (Phi) is 5.77. The number of rotatable bonds is 2. The maximum absolute atomic E-state index is 10.7. The van der Waals surface area contributed by atoms with Gasteiger partial charge in [-0.05, 0) is 24.3 Å². The van der Waals surface area contributed by atoms with E-state index < -0.39 is 5.97 Å². The zero-order chi connectivity index (χ0) is 15.0. The van der Waals surface area contributed by atoms with Crippen molar-refractivity contribution in [1.29, 1.82) is 0 Å². The summed E-state index contributed by atoms with van der Waals surface area (Å²) in [6.45, 7) is 1.33. The van der Waals surface area contributed by atoms with Gasteiger partial charge in [0.15, 0.2) is 0 Å². The highest BCUT2D eigenvalue weighted by Gasteiger charge is 2.08. The summed E-state index contributed by atoms with van der Waals surface area (Å²) in [5, 5.41) is 11.2. The van der Waals surface area contributed by atoms with Crippen LogP contribution in [0.15, 0.2) is 54.6 Å². The van der Waals surface area contributed by atoms with E-state index in [9.17, 15) is 9.59 Å². The van der Waals surface area contributed by atoms with E-state index in [0.717, 1.165) is 5.69 Å². The Morgan fingerprint density at radius 2 is 1.55 bits per heavy atom. The minimum absolute atomic E-state index is 0.0951. The predicted molar refractivity (Wildman–Crippen MR) is 78.6 cm³/mol. The van der Waals surface area contributed by atoms with Crippen LogP contribution in [0.25, 0.3) is 0 Å². The van der Waals surface area contributed by atoms with Crippen LogP contribution in [0, 0.1) is 0 Å². The Hall–Kier alpha value is -2.82. The smallest absolute Gasteiger partial charge is 0.337 e. The summed E-state index contributed by atoms with van der Waals surface area (Å²) in [5.74, 6) is -1.34. The van der Waals surface area contributed by atoms with Gasteiger partial charge in [-0.2, -0.15) is 0 Å². The number of nitrogen functional groups attached to an aromatic ring is 1. The molecule has 0 aromatic heterocycles. The Bertz CT molecular complexity index is 583. The van der Waals surface area contributed by atoms with Gasteiger partial charge in [-0.3, -0.25) is 4.79 Å². The Morgan fingerprint density at radius 3 is 2.00 bits per heavy atom. The molecule has 2 aromatic rings. The van der Waals surface area contributed by atoms with Crippen LogP contribution in [-0.2, 0) is 4.79 Å². The summed E-state index contributed by atoms with van der Waals surface area (Å²) >= 11 is 0. The first-order valence-electron chi connectivity index (χ1n) is 5.91. The predicted octanol–water partition coefficient (Wildman–Crippen LogP) is 2.61. The van der Waals surface area contributed by atoms with E-state index in [1.807, 2.05) is 30.3 Å². The third-order valence-corrected chi connectivity index (χ3v) is 2.27. The van der Waals surface area contributed by atoms with Gasteiger partial charge in [-0.1, -0.05) is 30.3 Å². The van der Waals surface area contributed by atoms with Crippen LogP contribution >= 0.6 is 0 Å². The highest BCUT2D eigenvalue weighted by Crippen LogP contribution is 2.14. The number of hydrogen-bond acceptors (Lipinski definition) is 3. The van der Waals surface area contributed by atoms with Gasteiger partial charge in [-0.15, -0.1) is 0 Å². The molecule has 0 saturated heterocycles. The number of carbonyl (C=O) groups excluding carboxylic acids is 1. The van der Waals surface area contributed by atoms with Crippen LogP contribution in [0.2, 0.25) is 0 Å². The number of aromatic carboxylic acids is 1. The quantitative estimate of drug-likeness (QED) is 0.733. The van der Waals surface area contributed by atoms with Gasteiger partial charge in [0.05, 0.1) is 11.3 Å². The number of hydrogen-bond donors (Lipinski definition) is 3. The second-order valence-electron chi connectivity index (χ2n) is 3.94. The minimum atomic E-state index is -1.05. The third-order valence-electron chi connectivity index (χ3n) is 2.27. The molecule has 0 heterocycles. The molecule has 2 rings (SSSR count). The highest BCUT2D eigenvalue weighted by atomic mass is 16.4. The molecule has 0 unspecified atom stereocenters. The van der Waals surface area contributed by atoms with Crippen LogP contribution in [0.5, 0.6) is 0 Å². The lowest BCUT2D eigenvalue weighted by Crippen LogP contribution is -2.10. The Balaban J connectivity index is 0.000000240. The van der Waals surface area contributed by atoms with Crippen molar-refractivity contribution in [3.63, 3.8) is 0 Å². The molecule has 0 spiro atoms. The number of nitrogens with two attached hydrogens (primary N) is 1. The van der Waals surface area contributed by atoms with Gasteiger partial charge in [0.25, 0.3) is 0 Å². The van der Waals surface area contributed by atoms with Gasteiger partial charge in [0.1, 0.15) is 0 Å². The number of anilines is 2. The summed E-state index contributed by atoms with van der Waals surface area (Å²) < 4.78 is 0. The molecule has 0 bridgehead atoms. The zero-order valence-electron chi connectivity index (χ0n) is 11.0. The number of carboxylic acids is 1. The van der Waals surface area contributed by atoms with E-state index in [4.69, 9.17) is 10.8 Å². The first kappa shape index (κ1) is 15.2. The van der Waals surface area contributed by atoms with Crippen LogP contribution in [-0.4, -0.2) is 17.0 Å². The van der Waals surface area contributed by atoms with E-state index in [-0.39, 0.29) is 11.5 Å². The van der Waals surface area contributed by atoms with Crippen molar-refractivity contribution in [2.45, 2.75) is 6.92 Å². The van der Waals surface area contributed by atoms with Crippen molar-refractivity contribution in [3.05, 3.63) is 60.2 Å². The van der Waals surface area contributed by atoms with Crippen molar-refractivity contribution < 1.29 is 14.7 Å². The molecule has 2 aromatic carbocycles. The summed E-state index contributed by atoms with van der Waals surface area (Å²) in [4.78, 5) is 21.3. The van der Waals surface area contributed by atoms with Gasteiger partial charge in [0.2, 0.25) is 5.91 Å². The fraction of sp³-hybridized carbons (Fsp3) is 0.0667. The monoisotopic (exact) mass is 272 g/mol. The molecule has 20 heavy (non-hydrogen) atoms. The van der Waals surface area contributed by atoms with Crippen LogP contribution in [0.3, 0.4) is 0 Å². The van der Waals surface area contributed by atoms with Gasteiger partial charge in [0, 0.05) is 12.6 Å². The average Bonchev–Trinajstić information content (AvgIpc) is 2.40. The summed E-state index contributed by atoms with van der Waals surface area (Å²) in [7, 11) is 0. The number of carboxylic acid groups (broad SMARTS) is 1. The maximum Gasteiger partial charge on any atom is 0.337 e. The topological polar surface area (TPSA) is 92.4 Å². The maximum atomic E-state index is 10.7. The molecule has 0 fully saturated rings. The van der Waals surface area contributed by atoms with Crippen molar-refractivity contribution in [2.75, 3.05) is 11.1 Å². The van der Waals surface area contributed by atoms with Crippen molar-refractivity contribution in [3.8, 4) is 0 Å². The number of amides is 1. The highest BCUT2D eigenvalue weighted by molar-refractivity contribution is 5.99. The molecule has 5 heteroatoms. The van der Waals surface area contributed by atoms with Crippen molar-refractivity contribution in [1.82, 2.24) is 0 Å². The molecule has 0 saturated carbocycles. The van der Waals surface area contributed by atoms with E-state index in [1.165, 1.54) is 13.0 Å². The zero-order valence-corrected chi connectivity index (χ0v) is 11.0. The average molecular weight is 272 g/mol. The number of benzene rings is 2. The minimum Gasteiger partial charge on any atom is -0.478 e. The van der Waals surface area contributed by atoms with Gasteiger partial charge < -0.3 is 16.2 Å². The molecule has 0 atom stereocenters. The summed E-state index contributed by atoms with van der Waals surface area (Å²) in [5.41, 5.74) is 6.60. The number of nitrogens with one attached hydrogen (secondary N) is 1. The van der Waals surface area contributed by atoms with Crippen LogP contribution < -0.4 is 11.1 Å². The van der Waals surface area contributed by atoms with E-state index in [1.54, 1.807) is 18.2 Å². The fourth-order valence-corrected chi connectivity index (χ4v) is 1.42. The molecule has 0 aliphatic heterocycles. The molecule has 0 aliphatic carbocycles. The first-order valence-corrected chi connectivity index (χ1v) is 5.91. The Labute approximate surface area is 117 Å². The number of para-hydroxylation sites is 2. The van der Waals surface area contributed by atoms with Gasteiger partial charge in [-0.25, -0.2) is 4.79 Å². The fourth-order valence-electron chi connectivity index (χ4n) is 1.42. The van der Waals surface area contributed by atoms with E-state index in [2.05, 4.69) is 5.32 Å². The van der Waals surface area contributed by atoms with E-state index in [0.29, 0.717) is 5.69 Å².